The van der Waals surface area contributed by atoms with Crippen LogP contribution in [0, 0.1) is 5.92 Å². The molecule has 0 saturated carbocycles. The van der Waals surface area contributed by atoms with Crippen molar-refractivity contribution >= 4 is 45.7 Å². The lowest BCUT2D eigenvalue weighted by atomic mass is 9.97. The van der Waals surface area contributed by atoms with Crippen LogP contribution < -0.4 is 5.32 Å². The van der Waals surface area contributed by atoms with Crippen LogP contribution in [0.4, 0.5) is 5.13 Å². The topological polar surface area (TPSA) is 62.3 Å². The van der Waals surface area contributed by atoms with Crippen LogP contribution in [-0.4, -0.2) is 34.8 Å². The third-order valence-corrected chi connectivity index (χ3v) is 5.23. The first-order chi connectivity index (χ1) is 11.2. The van der Waals surface area contributed by atoms with Gasteiger partial charge in [0.2, 0.25) is 11.8 Å². The average Bonchev–Trinajstić information content (AvgIpc) is 3.26. The third kappa shape index (κ3) is 4.27. The molecule has 23 heavy (non-hydrogen) atoms. The minimum atomic E-state index is -0.174. The number of carbonyl (C=O) groups is 2. The number of likely N-dealkylation sites (tertiary alicyclic amines) is 1. The second-order valence-electron chi connectivity index (χ2n) is 5.30. The van der Waals surface area contributed by atoms with E-state index in [2.05, 4.69) is 10.3 Å². The fourth-order valence-electron chi connectivity index (χ4n) is 2.53. The van der Waals surface area contributed by atoms with E-state index in [1.807, 2.05) is 29.0 Å². The smallest absolute Gasteiger partial charge is 0.246 e. The molecule has 3 rings (SSSR count). The highest BCUT2D eigenvalue weighted by Gasteiger charge is 2.27. The van der Waals surface area contributed by atoms with Crippen LogP contribution in [-0.2, 0) is 9.59 Å². The van der Waals surface area contributed by atoms with Crippen LogP contribution >= 0.6 is 22.7 Å². The summed E-state index contributed by atoms with van der Waals surface area (Å²) in [5, 5.41) is 7.22. The number of amides is 2. The number of hydrogen-bond acceptors (Lipinski definition) is 5. The second-order valence-corrected chi connectivity index (χ2v) is 7.17. The molecule has 0 unspecified atom stereocenters. The Morgan fingerprint density at radius 3 is 3.00 bits per heavy atom. The van der Waals surface area contributed by atoms with Gasteiger partial charge in [0.1, 0.15) is 0 Å². The van der Waals surface area contributed by atoms with Gasteiger partial charge in [-0.3, -0.25) is 9.59 Å². The maximum atomic E-state index is 12.3. The third-order valence-electron chi connectivity index (χ3n) is 3.70. The zero-order valence-corrected chi connectivity index (χ0v) is 14.1. The van der Waals surface area contributed by atoms with Gasteiger partial charge in [-0.2, -0.15) is 0 Å². The van der Waals surface area contributed by atoms with Crippen molar-refractivity contribution in [2.75, 3.05) is 18.4 Å². The number of thiazole rings is 1. The van der Waals surface area contributed by atoms with Crippen molar-refractivity contribution < 1.29 is 9.59 Å². The molecular formula is C16H17N3O2S2. The lowest BCUT2D eigenvalue weighted by molar-refractivity contribution is -0.130. The molecule has 1 N–H and O–H groups in total. The fourth-order valence-corrected chi connectivity index (χ4v) is 3.68. The number of nitrogens with zero attached hydrogens (tertiary/aromatic N) is 2. The van der Waals surface area contributed by atoms with E-state index in [0.717, 1.165) is 17.7 Å². The Labute approximate surface area is 142 Å². The summed E-state index contributed by atoms with van der Waals surface area (Å²) < 4.78 is 0. The van der Waals surface area contributed by atoms with Gasteiger partial charge in [-0.25, -0.2) is 4.98 Å². The van der Waals surface area contributed by atoms with E-state index in [0.29, 0.717) is 18.2 Å². The molecular weight excluding hydrogens is 330 g/mol. The van der Waals surface area contributed by atoms with Gasteiger partial charge in [0, 0.05) is 35.6 Å². The Hall–Kier alpha value is -1.99. The summed E-state index contributed by atoms with van der Waals surface area (Å²) in [5.41, 5.74) is 0. The molecule has 3 heterocycles. The van der Waals surface area contributed by atoms with E-state index in [1.165, 1.54) is 11.3 Å². The number of aromatic nitrogens is 1. The lowest BCUT2D eigenvalue weighted by Crippen LogP contribution is -2.43. The van der Waals surface area contributed by atoms with Gasteiger partial charge in [0.05, 0.1) is 5.92 Å². The Bertz CT molecular complexity index is 680. The molecule has 7 heteroatoms. The molecule has 0 bridgehead atoms. The summed E-state index contributed by atoms with van der Waals surface area (Å²) in [7, 11) is 0. The molecule has 2 amide bonds. The molecule has 0 radical (unpaired) electrons. The van der Waals surface area contributed by atoms with Gasteiger partial charge >= 0.3 is 0 Å². The van der Waals surface area contributed by atoms with E-state index in [-0.39, 0.29) is 17.7 Å². The maximum absolute atomic E-state index is 12.3. The summed E-state index contributed by atoms with van der Waals surface area (Å²) in [6.45, 7) is 1.17. The quantitative estimate of drug-likeness (QED) is 0.865. The molecule has 1 atom stereocenters. The highest BCUT2D eigenvalue weighted by atomic mass is 32.1. The van der Waals surface area contributed by atoms with Gasteiger partial charge in [0.25, 0.3) is 0 Å². The van der Waals surface area contributed by atoms with Crippen molar-refractivity contribution in [1.82, 2.24) is 9.88 Å². The van der Waals surface area contributed by atoms with E-state index >= 15 is 0 Å². The van der Waals surface area contributed by atoms with Crippen molar-refractivity contribution in [3.05, 3.63) is 40.0 Å². The molecule has 0 aromatic carbocycles. The predicted molar refractivity (Wildman–Crippen MR) is 93.4 cm³/mol. The molecule has 2 aromatic heterocycles. The molecule has 0 spiro atoms. The van der Waals surface area contributed by atoms with Crippen LogP contribution in [0.5, 0.6) is 0 Å². The van der Waals surface area contributed by atoms with Gasteiger partial charge in [-0.15, -0.1) is 22.7 Å². The van der Waals surface area contributed by atoms with Crippen molar-refractivity contribution in [3.63, 3.8) is 0 Å². The Morgan fingerprint density at radius 2 is 2.26 bits per heavy atom. The summed E-state index contributed by atoms with van der Waals surface area (Å²) in [4.78, 5) is 31.4. The number of hydrogen-bond donors (Lipinski definition) is 1. The van der Waals surface area contributed by atoms with E-state index < -0.39 is 0 Å². The Morgan fingerprint density at radius 1 is 1.35 bits per heavy atom. The summed E-state index contributed by atoms with van der Waals surface area (Å²) >= 11 is 2.99. The minimum absolute atomic E-state index is 0.0369. The van der Waals surface area contributed by atoms with Gasteiger partial charge in [0.15, 0.2) is 5.13 Å². The fraction of sp³-hybridized carbons (Fsp3) is 0.312. The molecule has 120 valence electrons. The highest BCUT2D eigenvalue weighted by molar-refractivity contribution is 7.13. The molecule has 2 aromatic rings. The summed E-state index contributed by atoms with van der Waals surface area (Å²) in [6, 6.07) is 3.92. The van der Waals surface area contributed by atoms with Crippen LogP contribution in [0.25, 0.3) is 6.08 Å². The first-order valence-electron chi connectivity index (χ1n) is 7.43. The average molecular weight is 347 g/mol. The van der Waals surface area contributed by atoms with Crippen LogP contribution in [0.15, 0.2) is 35.2 Å². The van der Waals surface area contributed by atoms with Gasteiger partial charge < -0.3 is 10.2 Å². The highest BCUT2D eigenvalue weighted by Crippen LogP contribution is 2.20. The SMILES string of the molecule is O=C(Nc1nccs1)[C@H]1CCCN(C(=O)/C=C\c2cccs2)C1. The van der Waals surface area contributed by atoms with Crippen LogP contribution in [0.1, 0.15) is 17.7 Å². The number of thiophene rings is 1. The number of nitrogens with one attached hydrogen (secondary N) is 1. The minimum Gasteiger partial charge on any atom is -0.338 e. The summed E-state index contributed by atoms with van der Waals surface area (Å²) in [6.07, 6.45) is 6.72. The molecule has 0 aliphatic carbocycles. The molecule has 1 fully saturated rings. The first kappa shape index (κ1) is 15.9. The Balaban J connectivity index is 1.57. The second kappa shape index (κ2) is 7.52. The summed E-state index contributed by atoms with van der Waals surface area (Å²) in [5.74, 6) is -0.267. The van der Waals surface area contributed by atoms with E-state index in [1.54, 1.807) is 28.5 Å². The lowest BCUT2D eigenvalue weighted by Gasteiger charge is -2.31. The molecule has 5 nitrogen and oxygen atoms in total. The van der Waals surface area contributed by atoms with Crippen molar-refractivity contribution in [3.8, 4) is 0 Å². The number of rotatable bonds is 4. The van der Waals surface area contributed by atoms with Crippen LogP contribution in [0.3, 0.4) is 0 Å². The predicted octanol–water partition coefficient (Wildman–Crippen LogP) is 3.10. The zero-order valence-electron chi connectivity index (χ0n) is 12.5. The number of carbonyl (C=O) groups excluding carboxylic acids is 2. The number of piperidine rings is 1. The molecule has 1 aliphatic rings. The van der Waals surface area contributed by atoms with Crippen molar-refractivity contribution in [2.45, 2.75) is 12.8 Å². The first-order valence-corrected chi connectivity index (χ1v) is 9.19. The van der Waals surface area contributed by atoms with Gasteiger partial charge in [-0.1, -0.05) is 6.07 Å². The molecule has 1 saturated heterocycles. The zero-order chi connectivity index (χ0) is 16.1. The van der Waals surface area contributed by atoms with Gasteiger partial charge in [-0.05, 0) is 30.4 Å². The van der Waals surface area contributed by atoms with Crippen LogP contribution in [0.2, 0.25) is 0 Å². The normalized spacial score (nSPS) is 18.3. The number of anilines is 1. The monoisotopic (exact) mass is 347 g/mol. The molecule has 1 aliphatic heterocycles. The largest absolute Gasteiger partial charge is 0.338 e. The van der Waals surface area contributed by atoms with E-state index in [9.17, 15) is 9.59 Å². The van der Waals surface area contributed by atoms with Crippen molar-refractivity contribution in [2.24, 2.45) is 5.92 Å². The maximum Gasteiger partial charge on any atom is 0.246 e. The van der Waals surface area contributed by atoms with E-state index in [4.69, 9.17) is 0 Å². The standard InChI is InChI=1S/C16H17N3O2S2/c20-14(6-5-13-4-2-9-22-13)19-8-1-3-12(11-19)15(21)18-16-17-7-10-23-16/h2,4-7,9-10,12H,1,3,8,11H2,(H,17,18,21)/b6-5-/t12-/m0/s1. The Kier molecular flexibility index (Phi) is 5.19. The van der Waals surface area contributed by atoms with Crippen molar-refractivity contribution in [1.29, 1.82) is 0 Å².